The molecule has 0 atom stereocenters. The van der Waals surface area contributed by atoms with Crippen molar-refractivity contribution in [2.45, 2.75) is 0 Å². The van der Waals surface area contributed by atoms with Crippen LogP contribution in [0, 0.1) is 0 Å². The van der Waals surface area contributed by atoms with Crippen molar-refractivity contribution in [1.29, 1.82) is 0 Å². The van der Waals surface area contributed by atoms with Crippen LogP contribution in [0.5, 0.6) is 0 Å². The molecule has 0 radical (unpaired) electrons. The molecule has 0 unspecified atom stereocenters. The summed E-state index contributed by atoms with van der Waals surface area (Å²) in [5, 5.41) is 4.77. The van der Waals surface area contributed by atoms with Crippen LogP contribution < -0.4 is 0 Å². The van der Waals surface area contributed by atoms with Crippen LogP contribution in [0.25, 0.3) is 32.6 Å². The van der Waals surface area contributed by atoms with Gasteiger partial charge >= 0.3 is 0 Å². The maximum absolute atomic E-state index is 4.39. The Hall–Kier alpha value is -2.48. The molecule has 0 spiro atoms. The average molecular weight is 230 g/mol. The minimum atomic E-state index is 1.03. The van der Waals surface area contributed by atoms with Gasteiger partial charge in [0.15, 0.2) is 0 Å². The van der Waals surface area contributed by atoms with E-state index < -0.39 is 0 Å². The molecule has 2 aromatic carbocycles. The third kappa shape index (κ3) is 1.36. The van der Waals surface area contributed by atoms with Crippen molar-refractivity contribution >= 4 is 32.6 Å². The van der Waals surface area contributed by atoms with Crippen molar-refractivity contribution in [3.63, 3.8) is 0 Å². The fraction of sp³-hybridized carbons (Fsp3) is 0. The zero-order chi connectivity index (χ0) is 11.9. The van der Waals surface area contributed by atoms with Crippen molar-refractivity contribution in [3.05, 3.63) is 60.9 Å². The van der Waals surface area contributed by atoms with E-state index >= 15 is 0 Å². The Kier molecular flexibility index (Phi) is 1.86. The molecule has 0 aliphatic heterocycles. The van der Waals surface area contributed by atoms with Crippen molar-refractivity contribution in [1.82, 2.24) is 9.97 Å². The van der Waals surface area contributed by atoms with E-state index in [-0.39, 0.29) is 0 Å². The van der Waals surface area contributed by atoms with Gasteiger partial charge in [-0.05, 0) is 47.2 Å². The fourth-order valence-electron chi connectivity index (χ4n) is 2.39. The highest BCUT2D eigenvalue weighted by molar-refractivity contribution is 6.02. The maximum Gasteiger partial charge on any atom is 0.0708 e. The van der Waals surface area contributed by atoms with Crippen LogP contribution >= 0.6 is 0 Å². The number of nitrogens with zero attached hydrogens (tertiary/aromatic N) is 2. The summed E-state index contributed by atoms with van der Waals surface area (Å²) in [5.74, 6) is 0. The monoisotopic (exact) mass is 230 g/mol. The topological polar surface area (TPSA) is 25.8 Å². The van der Waals surface area contributed by atoms with E-state index in [0.717, 1.165) is 11.0 Å². The van der Waals surface area contributed by atoms with Gasteiger partial charge in [-0.25, -0.2) is 0 Å². The number of fused-ring (bicyclic) bond motifs is 3. The van der Waals surface area contributed by atoms with E-state index in [4.69, 9.17) is 0 Å². The zero-order valence-corrected chi connectivity index (χ0v) is 9.67. The lowest BCUT2D eigenvalue weighted by atomic mass is 10.0. The lowest BCUT2D eigenvalue weighted by Gasteiger charge is -2.03. The van der Waals surface area contributed by atoms with E-state index in [2.05, 4.69) is 46.4 Å². The minimum Gasteiger partial charge on any atom is -0.256 e. The van der Waals surface area contributed by atoms with Crippen molar-refractivity contribution in [2.75, 3.05) is 0 Å². The van der Waals surface area contributed by atoms with Crippen LogP contribution in [0.1, 0.15) is 0 Å². The first-order chi connectivity index (χ1) is 8.90. The maximum atomic E-state index is 4.39. The normalized spacial score (nSPS) is 11.3. The molecule has 0 N–H and O–H groups in total. The van der Waals surface area contributed by atoms with Crippen LogP contribution in [0.4, 0.5) is 0 Å². The van der Waals surface area contributed by atoms with Crippen LogP contribution in [-0.4, -0.2) is 9.97 Å². The molecule has 2 nitrogen and oxygen atoms in total. The highest BCUT2D eigenvalue weighted by Crippen LogP contribution is 2.25. The smallest absolute Gasteiger partial charge is 0.0708 e. The van der Waals surface area contributed by atoms with Gasteiger partial charge in [-0.3, -0.25) is 9.97 Å². The number of hydrogen-bond donors (Lipinski definition) is 0. The second-order valence-corrected chi connectivity index (χ2v) is 4.44. The molecule has 0 saturated heterocycles. The number of benzene rings is 2. The number of aromatic nitrogens is 2. The average Bonchev–Trinajstić information content (AvgIpc) is 2.42. The lowest BCUT2D eigenvalue weighted by molar-refractivity contribution is 1.41. The Bertz CT molecular complexity index is 737. The summed E-state index contributed by atoms with van der Waals surface area (Å²) in [4.78, 5) is 8.78. The lowest BCUT2D eigenvalue weighted by Crippen LogP contribution is -1.82. The molecule has 0 aliphatic carbocycles. The first-order valence-electron chi connectivity index (χ1n) is 5.93. The Morgan fingerprint density at radius 2 is 1.06 bits per heavy atom. The Labute approximate surface area is 104 Å². The van der Waals surface area contributed by atoms with E-state index in [1.54, 1.807) is 0 Å². The van der Waals surface area contributed by atoms with Crippen molar-refractivity contribution < 1.29 is 0 Å². The SMILES string of the molecule is c1cnc2cc3cc4ncccc4cc3cc2c1. The van der Waals surface area contributed by atoms with Crippen molar-refractivity contribution in [3.8, 4) is 0 Å². The van der Waals surface area contributed by atoms with Crippen molar-refractivity contribution in [2.24, 2.45) is 0 Å². The standard InChI is InChI=1S/C16H10N2/c1-3-11-7-13-8-12-4-2-6-18-16(12)10-14(13)9-15(11)17-5-1/h1-10H. The predicted octanol–water partition coefficient (Wildman–Crippen LogP) is 3.94. The molecule has 0 aliphatic rings. The molecule has 0 saturated carbocycles. The number of hydrogen-bond acceptors (Lipinski definition) is 2. The van der Waals surface area contributed by atoms with Gasteiger partial charge in [-0.2, -0.15) is 0 Å². The van der Waals surface area contributed by atoms with E-state index in [0.29, 0.717) is 0 Å². The largest absolute Gasteiger partial charge is 0.256 e. The fourth-order valence-corrected chi connectivity index (χ4v) is 2.39. The quantitative estimate of drug-likeness (QED) is 0.428. The van der Waals surface area contributed by atoms with Gasteiger partial charge in [0.2, 0.25) is 0 Å². The molecule has 2 heteroatoms. The van der Waals surface area contributed by atoms with Crippen LogP contribution in [0.3, 0.4) is 0 Å². The Balaban J connectivity index is 2.20. The Morgan fingerprint density at radius 1 is 0.556 bits per heavy atom. The zero-order valence-electron chi connectivity index (χ0n) is 9.67. The van der Waals surface area contributed by atoms with Gasteiger partial charge in [0.05, 0.1) is 11.0 Å². The molecule has 2 aromatic heterocycles. The van der Waals surface area contributed by atoms with Crippen LogP contribution in [0.2, 0.25) is 0 Å². The summed E-state index contributed by atoms with van der Waals surface area (Å²) in [5.41, 5.74) is 2.06. The molecule has 0 amide bonds. The summed E-state index contributed by atoms with van der Waals surface area (Å²) in [6.07, 6.45) is 3.65. The Morgan fingerprint density at radius 3 is 1.61 bits per heavy atom. The summed E-state index contributed by atoms with van der Waals surface area (Å²) in [6.45, 7) is 0. The van der Waals surface area contributed by atoms with E-state index in [1.807, 2.05) is 24.5 Å². The highest BCUT2D eigenvalue weighted by atomic mass is 14.6. The van der Waals surface area contributed by atoms with Gasteiger partial charge in [-0.1, -0.05) is 12.1 Å². The molecule has 4 aromatic rings. The summed E-state index contributed by atoms with van der Waals surface area (Å²) in [6, 6.07) is 16.7. The van der Waals surface area contributed by atoms with Gasteiger partial charge < -0.3 is 0 Å². The van der Waals surface area contributed by atoms with Crippen LogP contribution in [-0.2, 0) is 0 Å². The third-order valence-corrected chi connectivity index (χ3v) is 3.28. The second-order valence-electron chi connectivity index (χ2n) is 4.44. The summed E-state index contributed by atoms with van der Waals surface area (Å²) in [7, 11) is 0. The summed E-state index contributed by atoms with van der Waals surface area (Å²) >= 11 is 0. The van der Waals surface area contributed by atoms with Gasteiger partial charge in [0.1, 0.15) is 0 Å². The number of rotatable bonds is 0. The first-order valence-corrected chi connectivity index (χ1v) is 5.93. The highest BCUT2D eigenvalue weighted by Gasteiger charge is 2.01. The summed E-state index contributed by atoms with van der Waals surface area (Å²) < 4.78 is 0. The predicted molar refractivity (Wildman–Crippen MR) is 74.6 cm³/mol. The van der Waals surface area contributed by atoms with Gasteiger partial charge in [0.25, 0.3) is 0 Å². The van der Waals surface area contributed by atoms with Crippen LogP contribution in [0.15, 0.2) is 60.9 Å². The molecule has 18 heavy (non-hydrogen) atoms. The van der Waals surface area contributed by atoms with E-state index in [1.165, 1.54) is 21.5 Å². The molecule has 4 rings (SSSR count). The first kappa shape index (κ1) is 9.54. The molecular weight excluding hydrogens is 220 g/mol. The third-order valence-electron chi connectivity index (χ3n) is 3.28. The molecule has 2 heterocycles. The number of pyridine rings is 2. The van der Waals surface area contributed by atoms with E-state index in [9.17, 15) is 0 Å². The molecule has 0 fully saturated rings. The van der Waals surface area contributed by atoms with Gasteiger partial charge in [-0.15, -0.1) is 0 Å². The minimum absolute atomic E-state index is 1.03. The van der Waals surface area contributed by atoms with Gasteiger partial charge in [0, 0.05) is 23.2 Å². The molecule has 0 bridgehead atoms. The molecular formula is C16H10N2. The second kappa shape index (κ2) is 3.50. The molecule has 84 valence electrons.